The summed E-state index contributed by atoms with van der Waals surface area (Å²) < 4.78 is 16.9. The van der Waals surface area contributed by atoms with Crippen LogP contribution >= 0.6 is 24.0 Å². The fourth-order valence-electron chi connectivity index (χ4n) is 3.96. The maximum absolute atomic E-state index is 6.09. The van der Waals surface area contributed by atoms with Gasteiger partial charge >= 0.3 is 0 Å². The molecule has 0 aliphatic carbocycles. The van der Waals surface area contributed by atoms with E-state index in [1.807, 2.05) is 6.07 Å². The Morgan fingerprint density at radius 1 is 1.17 bits per heavy atom. The normalized spacial score (nSPS) is 21.4. The number of benzene rings is 1. The lowest BCUT2D eigenvalue weighted by Gasteiger charge is -2.39. The SMILES string of the molecule is CCNC(=NCC1CCCOC1C(C)(C)C)NCCc1ccc2c(c1)OCO2.I. The summed E-state index contributed by atoms with van der Waals surface area (Å²) in [4.78, 5) is 4.86. The van der Waals surface area contributed by atoms with Crippen molar-refractivity contribution >= 4 is 29.9 Å². The molecule has 1 aromatic rings. The van der Waals surface area contributed by atoms with Crippen molar-refractivity contribution in [2.75, 3.05) is 33.0 Å². The number of halogens is 1. The molecule has 6 nitrogen and oxygen atoms in total. The number of fused-ring (bicyclic) bond motifs is 1. The van der Waals surface area contributed by atoms with Crippen molar-refractivity contribution < 1.29 is 14.2 Å². The van der Waals surface area contributed by atoms with E-state index in [2.05, 4.69) is 50.5 Å². The summed E-state index contributed by atoms with van der Waals surface area (Å²) in [6, 6.07) is 6.13. The Morgan fingerprint density at radius 2 is 1.97 bits per heavy atom. The quantitative estimate of drug-likeness (QED) is 0.340. The molecule has 2 atom stereocenters. The number of hydrogen-bond acceptors (Lipinski definition) is 4. The van der Waals surface area contributed by atoms with Gasteiger partial charge in [0.1, 0.15) is 0 Å². The highest BCUT2D eigenvalue weighted by molar-refractivity contribution is 14.0. The second kappa shape index (κ2) is 11.2. The predicted molar refractivity (Wildman–Crippen MR) is 128 cm³/mol. The first-order chi connectivity index (χ1) is 13.5. The lowest BCUT2D eigenvalue weighted by Crippen LogP contribution is -2.43. The van der Waals surface area contributed by atoms with Crippen LogP contribution in [0, 0.1) is 11.3 Å². The number of ether oxygens (including phenoxy) is 3. The monoisotopic (exact) mass is 517 g/mol. The van der Waals surface area contributed by atoms with Gasteiger partial charge in [-0.05, 0) is 49.3 Å². The second-order valence-electron chi connectivity index (χ2n) is 8.64. The first kappa shape index (κ1) is 24.1. The van der Waals surface area contributed by atoms with Gasteiger partial charge in [-0.25, -0.2) is 0 Å². The van der Waals surface area contributed by atoms with Crippen molar-refractivity contribution in [2.24, 2.45) is 16.3 Å². The highest BCUT2D eigenvalue weighted by atomic mass is 127. The number of nitrogens with zero attached hydrogens (tertiary/aromatic N) is 1. The van der Waals surface area contributed by atoms with Crippen molar-refractivity contribution in [3.8, 4) is 11.5 Å². The molecular weight excluding hydrogens is 481 g/mol. The largest absolute Gasteiger partial charge is 0.454 e. The van der Waals surface area contributed by atoms with Gasteiger partial charge < -0.3 is 24.8 Å². The first-order valence-electron chi connectivity index (χ1n) is 10.5. The lowest BCUT2D eigenvalue weighted by atomic mass is 9.78. The zero-order chi connectivity index (χ0) is 20.0. The zero-order valence-electron chi connectivity index (χ0n) is 18.1. The van der Waals surface area contributed by atoms with Crippen LogP contribution in [0.15, 0.2) is 23.2 Å². The van der Waals surface area contributed by atoms with E-state index in [0.29, 0.717) is 12.7 Å². The molecule has 1 fully saturated rings. The van der Waals surface area contributed by atoms with Gasteiger partial charge in [-0.15, -0.1) is 24.0 Å². The standard InChI is InChI=1S/C22H35N3O3.HI/c1-5-23-21(25-14-17-7-6-12-26-20(17)22(2,3)4)24-11-10-16-8-9-18-19(13-16)28-15-27-18;/h8-9,13,17,20H,5-7,10-12,14-15H2,1-4H3,(H2,23,24,25);1H. The minimum atomic E-state index is 0. The van der Waals surface area contributed by atoms with E-state index in [4.69, 9.17) is 19.2 Å². The minimum absolute atomic E-state index is 0. The Labute approximate surface area is 192 Å². The van der Waals surface area contributed by atoms with Crippen molar-refractivity contribution in [3.05, 3.63) is 23.8 Å². The smallest absolute Gasteiger partial charge is 0.231 e. The predicted octanol–water partition coefficient (Wildman–Crippen LogP) is 3.97. The number of nitrogens with one attached hydrogen (secondary N) is 2. The second-order valence-corrected chi connectivity index (χ2v) is 8.64. The van der Waals surface area contributed by atoms with E-state index < -0.39 is 0 Å². The van der Waals surface area contributed by atoms with Crippen LogP contribution in [-0.4, -0.2) is 45.1 Å². The summed E-state index contributed by atoms with van der Waals surface area (Å²) in [7, 11) is 0. The maximum atomic E-state index is 6.09. The van der Waals surface area contributed by atoms with Gasteiger partial charge in [-0.3, -0.25) is 4.99 Å². The van der Waals surface area contributed by atoms with Gasteiger partial charge in [0, 0.05) is 32.2 Å². The molecular formula is C22H36IN3O3. The van der Waals surface area contributed by atoms with Gasteiger partial charge in [0.15, 0.2) is 17.5 Å². The topological polar surface area (TPSA) is 64.1 Å². The average Bonchev–Trinajstić information content (AvgIpc) is 3.13. The Balaban J connectivity index is 0.00000300. The molecule has 1 saturated heterocycles. The van der Waals surface area contributed by atoms with E-state index in [9.17, 15) is 0 Å². The van der Waals surface area contributed by atoms with Crippen molar-refractivity contribution in [3.63, 3.8) is 0 Å². The number of guanidine groups is 1. The van der Waals surface area contributed by atoms with Crippen LogP contribution in [-0.2, 0) is 11.2 Å². The van der Waals surface area contributed by atoms with Crippen molar-refractivity contribution in [2.45, 2.75) is 53.1 Å². The molecule has 2 heterocycles. The van der Waals surface area contributed by atoms with Gasteiger partial charge in [0.05, 0.1) is 6.10 Å². The lowest BCUT2D eigenvalue weighted by molar-refractivity contribution is -0.0823. The fourth-order valence-corrected chi connectivity index (χ4v) is 3.96. The third kappa shape index (κ3) is 6.91. The molecule has 2 unspecified atom stereocenters. The van der Waals surface area contributed by atoms with Crippen LogP contribution in [0.4, 0.5) is 0 Å². The molecule has 164 valence electrons. The maximum Gasteiger partial charge on any atom is 0.231 e. The third-order valence-electron chi connectivity index (χ3n) is 5.27. The first-order valence-corrected chi connectivity index (χ1v) is 10.5. The molecule has 29 heavy (non-hydrogen) atoms. The van der Waals surface area contributed by atoms with Crippen molar-refractivity contribution in [1.82, 2.24) is 10.6 Å². The summed E-state index contributed by atoms with van der Waals surface area (Å²) in [6.45, 7) is 12.5. The van der Waals surface area contributed by atoms with Gasteiger partial charge in [-0.1, -0.05) is 26.8 Å². The highest BCUT2D eigenvalue weighted by Crippen LogP contribution is 2.34. The average molecular weight is 517 g/mol. The Bertz CT molecular complexity index is 676. The molecule has 0 amide bonds. The molecule has 1 aromatic carbocycles. The minimum Gasteiger partial charge on any atom is -0.454 e. The zero-order valence-corrected chi connectivity index (χ0v) is 20.5. The van der Waals surface area contributed by atoms with E-state index in [1.54, 1.807) is 0 Å². The van der Waals surface area contributed by atoms with Crippen LogP contribution in [0.25, 0.3) is 0 Å². The van der Waals surface area contributed by atoms with Crippen LogP contribution in [0.3, 0.4) is 0 Å². The van der Waals surface area contributed by atoms with Crippen LogP contribution < -0.4 is 20.1 Å². The van der Waals surface area contributed by atoms with E-state index in [1.165, 1.54) is 12.0 Å². The van der Waals surface area contributed by atoms with E-state index >= 15 is 0 Å². The summed E-state index contributed by atoms with van der Waals surface area (Å²) in [5.41, 5.74) is 1.37. The van der Waals surface area contributed by atoms with E-state index in [-0.39, 0.29) is 35.5 Å². The Hall–Kier alpha value is -1.22. The Kier molecular flexibility index (Phi) is 9.33. The molecule has 2 N–H and O–H groups in total. The number of hydrogen-bond donors (Lipinski definition) is 2. The Morgan fingerprint density at radius 3 is 2.72 bits per heavy atom. The van der Waals surface area contributed by atoms with Crippen LogP contribution in [0.2, 0.25) is 0 Å². The van der Waals surface area contributed by atoms with Crippen LogP contribution in [0.5, 0.6) is 11.5 Å². The van der Waals surface area contributed by atoms with Gasteiger partial charge in [0.2, 0.25) is 6.79 Å². The molecule has 2 aliphatic heterocycles. The number of aliphatic imine (C=N–C) groups is 1. The third-order valence-corrected chi connectivity index (χ3v) is 5.27. The molecule has 3 rings (SSSR count). The van der Waals surface area contributed by atoms with Crippen LogP contribution in [0.1, 0.15) is 46.1 Å². The summed E-state index contributed by atoms with van der Waals surface area (Å²) >= 11 is 0. The molecule has 0 spiro atoms. The molecule has 7 heteroatoms. The number of rotatable bonds is 6. The molecule has 0 aromatic heterocycles. The summed E-state index contributed by atoms with van der Waals surface area (Å²) in [6.07, 6.45) is 3.47. The molecule has 0 saturated carbocycles. The summed E-state index contributed by atoms with van der Waals surface area (Å²) in [5, 5.41) is 6.81. The summed E-state index contributed by atoms with van der Waals surface area (Å²) in [5.74, 6) is 3.01. The van der Waals surface area contributed by atoms with Gasteiger partial charge in [-0.2, -0.15) is 0 Å². The highest BCUT2D eigenvalue weighted by Gasteiger charge is 2.35. The van der Waals surface area contributed by atoms with Gasteiger partial charge in [0.25, 0.3) is 0 Å². The molecule has 0 bridgehead atoms. The fraction of sp³-hybridized carbons (Fsp3) is 0.682. The van der Waals surface area contributed by atoms with E-state index in [0.717, 1.165) is 56.5 Å². The molecule has 0 radical (unpaired) electrons. The van der Waals surface area contributed by atoms with Crippen molar-refractivity contribution in [1.29, 1.82) is 0 Å². The molecule has 2 aliphatic rings.